The Kier molecular flexibility index (Phi) is 1.51. The van der Waals surface area contributed by atoms with Crippen LogP contribution in [0, 0.1) is 0 Å². The molecule has 2 aromatic carbocycles. The molecule has 90 valence electrons. The topological polar surface area (TPSA) is 22.2 Å². The lowest BCUT2D eigenvalue weighted by atomic mass is 10.1. The van der Waals surface area contributed by atoms with E-state index in [0.29, 0.717) is 0 Å². The summed E-state index contributed by atoms with van der Waals surface area (Å²) in [4.78, 5) is 0. The van der Waals surface area contributed by atoms with Gasteiger partial charge < -0.3 is 4.42 Å². The predicted octanol–water partition coefficient (Wildman–Crippen LogP) is 3.00. The maximum atomic E-state index is 5.99. The number of oxazole rings is 1. The molecule has 0 N–H and O–H groups in total. The summed E-state index contributed by atoms with van der Waals surface area (Å²) in [6.07, 6.45) is 2.17. The Morgan fingerprint density at radius 1 is 1.00 bits per heavy atom. The second-order valence-corrected chi connectivity index (χ2v) is 4.98. The predicted molar refractivity (Wildman–Crippen MR) is 71.9 cm³/mol. The molecule has 1 aliphatic heterocycles. The quantitative estimate of drug-likeness (QED) is 0.386. The number of hydrogen-bond donors (Lipinski definition) is 0. The first kappa shape index (κ1) is 9.39. The van der Waals surface area contributed by atoms with E-state index in [1.807, 2.05) is 18.2 Å². The summed E-state index contributed by atoms with van der Waals surface area (Å²) in [6.45, 7) is 0.891. The average molecular weight is 247 g/mol. The van der Waals surface area contributed by atoms with Gasteiger partial charge in [-0.15, -0.1) is 0 Å². The van der Waals surface area contributed by atoms with Crippen molar-refractivity contribution in [3.8, 4) is 11.3 Å². The van der Waals surface area contributed by atoms with Crippen molar-refractivity contribution in [2.24, 2.45) is 0 Å². The van der Waals surface area contributed by atoms with E-state index in [4.69, 9.17) is 4.42 Å². The minimum atomic E-state index is 0.891. The molecule has 3 heteroatoms. The molecule has 3 nitrogen and oxygen atoms in total. The summed E-state index contributed by atoms with van der Waals surface area (Å²) >= 11 is 0. The molecule has 0 atom stereocenters. The van der Waals surface area contributed by atoms with Gasteiger partial charge in [0, 0.05) is 11.1 Å². The Morgan fingerprint density at radius 2 is 1.84 bits per heavy atom. The Hall–Kier alpha value is -2.55. The second-order valence-electron chi connectivity index (χ2n) is 4.98. The van der Waals surface area contributed by atoms with Crippen molar-refractivity contribution in [2.45, 2.75) is 6.54 Å². The van der Waals surface area contributed by atoms with Crippen molar-refractivity contribution < 1.29 is 8.82 Å². The van der Waals surface area contributed by atoms with Gasteiger partial charge in [0.05, 0.1) is 0 Å². The monoisotopic (exact) mass is 247 g/mol. The van der Waals surface area contributed by atoms with E-state index in [0.717, 1.165) is 23.5 Å². The van der Waals surface area contributed by atoms with Crippen LogP contribution in [0.25, 0.3) is 28.2 Å². The second kappa shape index (κ2) is 3.06. The number of nitrogens with zero attached hydrogens (tertiary/aromatic N) is 2. The highest BCUT2D eigenvalue weighted by molar-refractivity contribution is 5.73. The lowest BCUT2D eigenvalue weighted by Crippen LogP contribution is -2.16. The van der Waals surface area contributed by atoms with Crippen LogP contribution in [0.2, 0.25) is 0 Å². The number of imidazole rings is 1. The molecule has 3 heterocycles. The maximum Gasteiger partial charge on any atom is 0.468 e. The molecule has 2 aromatic heterocycles. The molecular weight excluding hydrogens is 236 g/mol. The van der Waals surface area contributed by atoms with E-state index in [2.05, 4.69) is 45.5 Å². The number of hydrogen-bond acceptors (Lipinski definition) is 1. The first-order valence-corrected chi connectivity index (χ1v) is 6.42. The SMILES string of the molecule is c1ccc2c(c1)Cn1c-2c[n+]2c3ccccc3oc12. The van der Waals surface area contributed by atoms with Gasteiger partial charge in [-0.1, -0.05) is 36.4 Å². The van der Waals surface area contributed by atoms with Gasteiger partial charge in [-0.25, -0.2) is 0 Å². The Labute approximate surface area is 109 Å². The fourth-order valence-corrected chi connectivity index (χ4v) is 3.04. The first-order valence-electron chi connectivity index (χ1n) is 6.42. The third-order valence-electron chi connectivity index (χ3n) is 3.93. The van der Waals surface area contributed by atoms with Crippen molar-refractivity contribution in [1.29, 1.82) is 0 Å². The molecule has 0 radical (unpaired) electrons. The number of benzene rings is 2. The highest BCUT2D eigenvalue weighted by Gasteiger charge is 2.31. The summed E-state index contributed by atoms with van der Waals surface area (Å²) in [5.74, 6) is 0.910. The zero-order valence-electron chi connectivity index (χ0n) is 10.2. The normalized spacial score (nSPS) is 13.1. The van der Waals surface area contributed by atoms with Crippen molar-refractivity contribution in [3.63, 3.8) is 0 Å². The van der Waals surface area contributed by atoms with Gasteiger partial charge in [0.15, 0.2) is 16.8 Å². The number of aromatic nitrogens is 2. The van der Waals surface area contributed by atoms with Crippen LogP contribution in [0.4, 0.5) is 0 Å². The van der Waals surface area contributed by atoms with E-state index in [1.165, 1.54) is 16.8 Å². The molecule has 4 aromatic rings. The first-order chi connectivity index (χ1) is 9.42. The number of rotatable bonds is 0. The molecule has 19 heavy (non-hydrogen) atoms. The fraction of sp³-hybridized carbons (Fsp3) is 0.0625. The molecule has 0 unspecified atom stereocenters. The lowest BCUT2D eigenvalue weighted by molar-refractivity contribution is -0.484. The molecule has 5 rings (SSSR count). The fourth-order valence-electron chi connectivity index (χ4n) is 3.04. The Balaban J connectivity index is 1.93. The van der Waals surface area contributed by atoms with E-state index >= 15 is 0 Å². The minimum Gasteiger partial charge on any atom is -0.387 e. The van der Waals surface area contributed by atoms with Crippen molar-refractivity contribution >= 4 is 16.9 Å². The Morgan fingerprint density at radius 3 is 2.84 bits per heavy atom. The number of para-hydroxylation sites is 2. The van der Waals surface area contributed by atoms with Crippen molar-refractivity contribution in [2.75, 3.05) is 0 Å². The van der Waals surface area contributed by atoms with Crippen LogP contribution in [-0.4, -0.2) is 4.57 Å². The van der Waals surface area contributed by atoms with E-state index in [9.17, 15) is 0 Å². The minimum absolute atomic E-state index is 0.891. The molecule has 0 amide bonds. The van der Waals surface area contributed by atoms with Crippen LogP contribution >= 0.6 is 0 Å². The van der Waals surface area contributed by atoms with Crippen LogP contribution in [0.5, 0.6) is 0 Å². The van der Waals surface area contributed by atoms with Gasteiger partial charge in [0.1, 0.15) is 12.7 Å². The van der Waals surface area contributed by atoms with E-state index in [1.54, 1.807) is 0 Å². The summed E-state index contributed by atoms with van der Waals surface area (Å²) in [6, 6.07) is 16.7. The molecule has 0 saturated carbocycles. The Bertz CT molecular complexity index is 946. The van der Waals surface area contributed by atoms with E-state index < -0.39 is 0 Å². The van der Waals surface area contributed by atoms with E-state index in [-0.39, 0.29) is 0 Å². The van der Waals surface area contributed by atoms with Crippen LogP contribution < -0.4 is 4.40 Å². The molecule has 1 aliphatic rings. The van der Waals surface area contributed by atoms with Crippen LogP contribution in [-0.2, 0) is 6.54 Å². The van der Waals surface area contributed by atoms with Crippen molar-refractivity contribution in [1.82, 2.24) is 4.57 Å². The average Bonchev–Trinajstić information content (AvgIpc) is 3.07. The zero-order chi connectivity index (χ0) is 12.4. The standard InChI is InChI=1S/C16H11N2O/c1-2-6-12-11(5-1)9-17-14(12)10-18-13-7-3-4-8-15(13)19-16(17)18/h1-8,10H,9H2/q+1. The summed E-state index contributed by atoms with van der Waals surface area (Å²) in [7, 11) is 0. The molecule has 0 bridgehead atoms. The largest absolute Gasteiger partial charge is 0.468 e. The lowest BCUT2D eigenvalue weighted by Gasteiger charge is -1.91. The maximum absolute atomic E-state index is 5.99. The van der Waals surface area contributed by atoms with Crippen molar-refractivity contribution in [3.05, 3.63) is 60.3 Å². The molecular formula is C16H11N2O+. The van der Waals surface area contributed by atoms with Crippen LogP contribution in [0.1, 0.15) is 5.56 Å². The summed E-state index contributed by atoms with van der Waals surface area (Å²) < 4.78 is 10.4. The summed E-state index contributed by atoms with van der Waals surface area (Å²) in [5, 5.41) is 0. The molecule has 0 spiro atoms. The highest BCUT2D eigenvalue weighted by Crippen LogP contribution is 2.33. The van der Waals surface area contributed by atoms with Gasteiger partial charge in [-0.2, -0.15) is 8.97 Å². The zero-order valence-corrected chi connectivity index (χ0v) is 10.2. The van der Waals surface area contributed by atoms with Crippen LogP contribution in [0.15, 0.2) is 59.1 Å². The smallest absolute Gasteiger partial charge is 0.387 e. The number of fused-ring (bicyclic) bond motifs is 7. The molecule has 0 aliphatic carbocycles. The van der Waals surface area contributed by atoms with Gasteiger partial charge in [-0.05, 0) is 12.1 Å². The third-order valence-corrected chi connectivity index (χ3v) is 3.93. The van der Waals surface area contributed by atoms with Gasteiger partial charge in [0.25, 0.3) is 0 Å². The molecule has 0 saturated heterocycles. The van der Waals surface area contributed by atoms with Gasteiger partial charge >= 0.3 is 5.84 Å². The summed E-state index contributed by atoms with van der Waals surface area (Å²) in [5.41, 5.74) is 5.96. The van der Waals surface area contributed by atoms with Crippen LogP contribution in [0.3, 0.4) is 0 Å². The molecule has 0 fully saturated rings. The van der Waals surface area contributed by atoms with Gasteiger partial charge in [-0.3, -0.25) is 0 Å². The highest BCUT2D eigenvalue weighted by atomic mass is 16.4. The third kappa shape index (κ3) is 1.06. The van der Waals surface area contributed by atoms with Gasteiger partial charge in [0.2, 0.25) is 0 Å².